The first-order valence-electron chi connectivity index (χ1n) is 19.6. The van der Waals surface area contributed by atoms with Gasteiger partial charge in [0.15, 0.2) is 35.1 Å². The number of rotatable bonds is 7. The van der Waals surface area contributed by atoms with Crippen LogP contribution in [0.5, 0.6) is 5.75 Å². The van der Waals surface area contributed by atoms with Gasteiger partial charge in [0.25, 0.3) is 0 Å². The maximum Gasteiger partial charge on any atom is 0.223 e. The topological polar surface area (TPSA) is 304 Å². The molecule has 0 radical (unpaired) electrons. The van der Waals surface area contributed by atoms with E-state index in [9.17, 15) is 24.9 Å². The number of nitrogens with zero attached hydrogens (tertiary/aromatic N) is 12. The summed E-state index contributed by atoms with van der Waals surface area (Å²) in [5, 5.41) is 50.0. The van der Waals surface area contributed by atoms with Crippen LogP contribution in [-0.4, -0.2) is 66.3 Å². The summed E-state index contributed by atoms with van der Waals surface area (Å²) in [6, 6.07) is 37.9. The molecule has 10 rings (SSSR count). The maximum absolute atomic E-state index is 12.2. The van der Waals surface area contributed by atoms with Gasteiger partial charge in [-0.25, -0.2) is 29.9 Å². The summed E-state index contributed by atoms with van der Waals surface area (Å²) < 4.78 is 5.58. The second-order valence-corrected chi connectivity index (χ2v) is 14.5. The zero-order valence-corrected chi connectivity index (χ0v) is 35.0. The predicted molar refractivity (Wildman–Crippen MR) is 234 cm³/mol. The van der Waals surface area contributed by atoms with Crippen LogP contribution < -0.4 is 10.5 Å². The molecule has 0 saturated carbocycles. The maximum atomic E-state index is 12.2. The van der Waals surface area contributed by atoms with Crippen molar-refractivity contribution in [2.24, 2.45) is 10.9 Å². The average molecular weight is 898 g/mol. The third kappa shape index (κ3) is 8.43. The van der Waals surface area contributed by atoms with Crippen LogP contribution in [0.25, 0.3) is 33.8 Å². The number of nitriles is 5. The van der Waals surface area contributed by atoms with E-state index >= 15 is 0 Å². The van der Waals surface area contributed by atoms with Crippen LogP contribution in [-0.2, 0) is 16.1 Å². The Labute approximate surface area is 384 Å². The van der Waals surface area contributed by atoms with Crippen LogP contribution in [0.4, 0.5) is 0 Å². The number of aromatic nitrogens is 6. The second kappa shape index (κ2) is 18.7. The smallest absolute Gasteiger partial charge is 0.223 e. The zero-order chi connectivity index (χ0) is 47.2. The Morgan fingerprint density at radius 3 is 1.58 bits per heavy atom. The van der Waals surface area contributed by atoms with Gasteiger partial charge in [-0.05, 0) is 30.3 Å². The fourth-order valence-corrected chi connectivity index (χ4v) is 7.24. The van der Waals surface area contributed by atoms with Crippen molar-refractivity contribution in [3.05, 3.63) is 170 Å². The number of fused-ring (bicyclic) bond motifs is 9. The number of carbonyl (C=O) groups excluding carboxylic acids is 3. The monoisotopic (exact) mass is 897 g/mol. The quantitative estimate of drug-likeness (QED) is 0.148. The molecule has 2 N–H and O–H groups in total. The summed E-state index contributed by atoms with van der Waals surface area (Å²) in [6.45, 7) is 0.572. The fourth-order valence-electron chi connectivity index (χ4n) is 7.07. The lowest BCUT2D eigenvalue weighted by atomic mass is 10.1. The number of ether oxygens (including phenoxy) is 1. The number of hydrogen-bond acceptors (Lipinski definition) is 17. The van der Waals surface area contributed by atoms with E-state index in [0.29, 0.717) is 62.4 Å². The average Bonchev–Trinajstić information content (AvgIpc) is 3.92. The highest BCUT2D eigenvalue weighted by Crippen LogP contribution is 2.38. The molecular formula is C48H24ClN13O5. The van der Waals surface area contributed by atoms with E-state index in [1.807, 2.05) is 72.8 Å². The molecule has 7 aromatic rings. The summed E-state index contributed by atoms with van der Waals surface area (Å²) >= 11 is 5.89. The van der Waals surface area contributed by atoms with Gasteiger partial charge >= 0.3 is 0 Å². The standard InChI is InChI=1S/C21H13N5O2.C14H8N4O2.C13H3ClN4O/c22-12-17-18(13-23)25-21-19(24-17)15-8-4-5-9-16(15)20(21)26-28-11-10-27-14-6-2-1-3-7-14;15-6-10-9(5-11(16)19)17-12-7-3-1-2-4-8(7)14(20)13(12)18-10;14-6-1-2-7-8(3-6)11-12(13(7)19)18-10(5-16)9(4-15)17-11/h1-9H,10-11H2;1-4H,5H2,(H2,16,19);1-3H. The minimum atomic E-state index is -0.603. The third-order valence-corrected chi connectivity index (χ3v) is 10.2. The second-order valence-electron chi connectivity index (χ2n) is 14.0. The number of primary amides is 1. The van der Waals surface area contributed by atoms with Gasteiger partial charge in [-0.2, -0.15) is 26.3 Å². The number of benzene rings is 4. The first-order chi connectivity index (χ1) is 32.6. The summed E-state index contributed by atoms with van der Waals surface area (Å²) in [5.74, 6) is -0.419. The van der Waals surface area contributed by atoms with Gasteiger partial charge in [0.2, 0.25) is 17.5 Å². The SMILES string of the molecule is N#Cc1nc2c(nc1C#N)-c1cc(Cl)ccc1C2=O.N#Cc1nc2c(nc1C#N)-c1ccccc1C2=NOCCOc1ccccc1.N#Cc1nc2c(nc1CC(N)=O)-c1ccccc1C2=O. The molecule has 3 heterocycles. The predicted octanol–water partition coefficient (Wildman–Crippen LogP) is 5.72. The molecular weight excluding hydrogens is 874 g/mol. The minimum Gasteiger partial charge on any atom is -0.490 e. The molecule has 0 aliphatic heterocycles. The van der Waals surface area contributed by atoms with E-state index in [4.69, 9.17) is 42.7 Å². The Hall–Kier alpha value is -10.1. The van der Waals surface area contributed by atoms with Crippen LogP contribution in [0.2, 0.25) is 5.02 Å². The highest BCUT2D eigenvalue weighted by molar-refractivity contribution is 6.32. The number of carbonyl (C=O) groups is 3. The first-order valence-corrected chi connectivity index (χ1v) is 20.0. The lowest BCUT2D eigenvalue weighted by Gasteiger charge is -2.05. The molecule has 0 unspecified atom stereocenters. The van der Waals surface area contributed by atoms with E-state index in [-0.39, 0.29) is 70.1 Å². The van der Waals surface area contributed by atoms with Crippen LogP contribution in [0.1, 0.15) is 77.5 Å². The molecule has 3 aliphatic rings. The number of amides is 1. The molecule has 1 amide bonds. The third-order valence-electron chi connectivity index (χ3n) is 9.97. The van der Waals surface area contributed by atoms with E-state index in [1.54, 1.807) is 54.6 Å². The van der Waals surface area contributed by atoms with Gasteiger partial charge in [-0.3, -0.25) is 14.4 Å². The van der Waals surface area contributed by atoms with Crippen molar-refractivity contribution in [3.63, 3.8) is 0 Å². The number of para-hydroxylation sites is 1. The number of ketones is 2. The largest absolute Gasteiger partial charge is 0.490 e. The Morgan fingerprint density at radius 2 is 1.00 bits per heavy atom. The molecule has 3 aromatic heterocycles. The highest BCUT2D eigenvalue weighted by atomic mass is 35.5. The van der Waals surface area contributed by atoms with Crippen molar-refractivity contribution >= 4 is 34.8 Å². The molecule has 18 nitrogen and oxygen atoms in total. The van der Waals surface area contributed by atoms with Gasteiger partial charge in [0, 0.05) is 38.4 Å². The molecule has 19 heteroatoms. The van der Waals surface area contributed by atoms with Gasteiger partial charge in [-0.15, -0.1) is 0 Å². The van der Waals surface area contributed by atoms with Crippen LogP contribution in [0, 0.1) is 56.7 Å². The summed E-state index contributed by atoms with van der Waals surface area (Å²) in [4.78, 5) is 65.6. The van der Waals surface area contributed by atoms with Crippen molar-refractivity contribution in [1.82, 2.24) is 29.9 Å². The molecule has 0 spiro atoms. The summed E-state index contributed by atoms with van der Waals surface area (Å²) in [5.41, 5.74) is 11.1. The van der Waals surface area contributed by atoms with E-state index in [2.05, 4.69) is 35.1 Å². The molecule has 3 aliphatic carbocycles. The molecule has 67 heavy (non-hydrogen) atoms. The Balaban J connectivity index is 0.000000140. The molecule has 318 valence electrons. The van der Waals surface area contributed by atoms with Crippen molar-refractivity contribution in [2.75, 3.05) is 13.2 Å². The molecule has 0 atom stereocenters. The van der Waals surface area contributed by atoms with Crippen LogP contribution in [0.3, 0.4) is 0 Å². The van der Waals surface area contributed by atoms with E-state index in [1.165, 1.54) is 0 Å². The van der Waals surface area contributed by atoms with Gasteiger partial charge in [0.05, 0.1) is 12.1 Å². The molecule has 4 aromatic carbocycles. The minimum absolute atomic E-state index is 0.00511. The normalized spacial score (nSPS) is 12.0. The molecule has 0 fully saturated rings. The van der Waals surface area contributed by atoms with Gasteiger partial charge in [-0.1, -0.05) is 83.5 Å². The Morgan fingerprint density at radius 1 is 0.537 bits per heavy atom. The number of oxime groups is 1. The molecule has 0 bridgehead atoms. The summed E-state index contributed by atoms with van der Waals surface area (Å²) in [6.07, 6.45) is -0.181. The van der Waals surface area contributed by atoms with E-state index < -0.39 is 5.91 Å². The van der Waals surface area contributed by atoms with Gasteiger partial charge in [0.1, 0.15) is 82.6 Å². The lowest BCUT2D eigenvalue weighted by Crippen LogP contribution is -2.17. The van der Waals surface area contributed by atoms with Crippen LogP contribution >= 0.6 is 11.6 Å². The van der Waals surface area contributed by atoms with Crippen molar-refractivity contribution in [3.8, 4) is 69.9 Å². The fraction of sp³-hybridized carbons (Fsp3) is 0.0625. The van der Waals surface area contributed by atoms with Crippen molar-refractivity contribution in [1.29, 1.82) is 26.3 Å². The molecule has 0 saturated heterocycles. The lowest BCUT2D eigenvalue weighted by molar-refractivity contribution is -0.117. The van der Waals surface area contributed by atoms with Crippen molar-refractivity contribution in [2.45, 2.75) is 6.42 Å². The summed E-state index contributed by atoms with van der Waals surface area (Å²) in [7, 11) is 0. The Bertz CT molecular complexity index is 3510. The number of nitrogens with two attached hydrogens (primary N) is 1. The van der Waals surface area contributed by atoms with E-state index in [0.717, 1.165) is 16.9 Å². The first kappa shape index (κ1) is 43.6. The number of halogens is 1. The van der Waals surface area contributed by atoms with Crippen molar-refractivity contribution < 1.29 is 24.0 Å². The van der Waals surface area contributed by atoms with Crippen LogP contribution in [0.15, 0.2) is 102 Å². The zero-order valence-electron chi connectivity index (χ0n) is 34.2. The highest BCUT2D eigenvalue weighted by Gasteiger charge is 2.33. The number of hydrogen-bond donors (Lipinski definition) is 1. The van der Waals surface area contributed by atoms with Gasteiger partial charge < -0.3 is 15.3 Å². The Kier molecular flexibility index (Phi) is 12.2.